The van der Waals surface area contributed by atoms with Crippen molar-refractivity contribution in [3.63, 3.8) is 0 Å². The van der Waals surface area contributed by atoms with Crippen LogP contribution in [0, 0.1) is 6.92 Å². The summed E-state index contributed by atoms with van der Waals surface area (Å²) in [7, 11) is 0. The second-order valence-corrected chi connectivity index (χ2v) is 5.59. The molecule has 2 rings (SSSR count). The standard InChI is InChI=1S/C15H13ClOS/c1-10-9-12(7-8-14(10)16)18-15-6-4-3-5-13(15)11(2)17/h3-9H,1-2H3. The third-order valence-corrected chi connectivity index (χ3v) is 4.11. The number of rotatable bonds is 3. The van der Waals surface area contributed by atoms with Gasteiger partial charge in [-0.15, -0.1) is 0 Å². The van der Waals surface area contributed by atoms with Crippen molar-refractivity contribution in [1.29, 1.82) is 0 Å². The summed E-state index contributed by atoms with van der Waals surface area (Å²) in [6.45, 7) is 3.57. The molecular formula is C15H13ClOS. The van der Waals surface area contributed by atoms with Gasteiger partial charge in [0.2, 0.25) is 0 Å². The smallest absolute Gasteiger partial charge is 0.160 e. The number of benzene rings is 2. The van der Waals surface area contributed by atoms with Crippen LogP contribution in [0.3, 0.4) is 0 Å². The first-order valence-electron chi connectivity index (χ1n) is 5.62. The number of hydrogen-bond donors (Lipinski definition) is 0. The predicted molar refractivity (Wildman–Crippen MR) is 76.8 cm³/mol. The highest BCUT2D eigenvalue weighted by Gasteiger charge is 2.08. The summed E-state index contributed by atoms with van der Waals surface area (Å²) in [5.41, 5.74) is 1.80. The Labute approximate surface area is 116 Å². The summed E-state index contributed by atoms with van der Waals surface area (Å²) >= 11 is 7.59. The minimum Gasteiger partial charge on any atom is -0.294 e. The number of ketones is 1. The van der Waals surface area contributed by atoms with Gasteiger partial charge in [0.15, 0.2) is 5.78 Å². The van der Waals surface area contributed by atoms with E-state index >= 15 is 0 Å². The molecule has 18 heavy (non-hydrogen) atoms. The maximum Gasteiger partial charge on any atom is 0.160 e. The van der Waals surface area contributed by atoms with Gasteiger partial charge in [-0.2, -0.15) is 0 Å². The zero-order valence-electron chi connectivity index (χ0n) is 10.2. The number of halogens is 1. The van der Waals surface area contributed by atoms with Crippen molar-refractivity contribution in [2.45, 2.75) is 23.6 Å². The van der Waals surface area contributed by atoms with Crippen LogP contribution in [-0.4, -0.2) is 5.78 Å². The van der Waals surface area contributed by atoms with Crippen LogP contribution in [-0.2, 0) is 0 Å². The third kappa shape index (κ3) is 2.95. The van der Waals surface area contributed by atoms with Gasteiger partial charge in [0, 0.05) is 20.4 Å². The molecule has 0 spiro atoms. The summed E-state index contributed by atoms with van der Waals surface area (Å²) in [5, 5.41) is 0.763. The van der Waals surface area contributed by atoms with Crippen molar-refractivity contribution >= 4 is 29.1 Å². The van der Waals surface area contributed by atoms with Gasteiger partial charge in [-0.1, -0.05) is 41.6 Å². The second-order valence-electron chi connectivity index (χ2n) is 4.07. The topological polar surface area (TPSA) is 17.1 Å². The van der Waals surface area contributed by atoms with Crippen molar-refractivity contribution in [2.75, 3.05) is 0 Å². The Morgan fingerprint density at radius 3 is 2.56 bits per heavy atom. The van der Waals surface area contributed by atoms with E-state index in [1.54, 1.807) is 18.7 Å². The van der Waals surface area contributed by atoms with Gasteiger partial charge in [0.05, 0.1) is 0 Å². The largest absolute Gasteiger partial charge is 0.294 e. The average Bonchev–Trinajstić information content (AvgIpc) is 2.34. The lowest BCUT2D eigenvalue weighted by Gasteiger charge is -2.07. The molecule has 0 saturated carbocycles. The Balaban J connectivity index is 2.34. The molecule has 2 aromatic carbocycles. The third-order valence-electron chi connectivity index (χ3n) is 2.62. The lowest BCUT2D eigenvalue weighted by Crippen LogP contribution is -1.94. The van der Waals surface area contributed by atoms with E-state index in [4.69, 9.17) is 11.6 Å². The highest BCUT2D eigenvalue weighted by molar-refractivity contribution is 7.99. The fourth-order valence-corrected chi connectivity index (χ4v) is 2.87. The van der Waals surface area contributed by atoms with E-state index < -0.39 is 0 Å². The van der Waals surface area contributed by atoms with Crippen molar-refractivity contribution in [3.05, 3.63) is 58.6 Å². The maximum absolute atomic E-state index is 11.5. The average molecular weight is 277 g/mol. The van der Waals surface area contributed by atoms with E-state index in [1.165, 1.54) is 0 Å². The molecule has 0 aliphatic heterocycles. The molecule has 0 atom stereocenters. The Bertz CT molecular complexity index is 593. The summed E-state index contributed by atoms with van der Waals surface area (Å²) in [4.78, 5) is 13.6. The van der Waals surface area contributed by atoms with E-state index in [2.05, 4.69) is 0 Å². The van der Waals surface area contributed by atoms with Gasteiger partial charge in [0.25, 0.3) is 0 Å². The highest BCUT2D eigenvalue weighted by atomic mass is 35.5. The first kappa shape index (κ1) is 13.2. The predicted octanol–water partition coefficient (Wildman–Crippen LogP) is 5.00. The molecule has 0 aliphatic carbocycles. The molecule has 0 heterocycles. The molecule has 0 N–H and O–H groups in total. The fourth-order valence-electron chi connectivity index (χ4n) is 1.65. The summed E-state index contributed by atoms with van der Waals surface area (Å²) in [6.07, 6.45) is 0. The normalized spacial score (nSPS) is 10.4. The molecule has 0 amide bonds. The van der Waals surface area contributed by atoms with Crippen LogP contribution in [0.2, 0.25) is 5.02 Å². The minimum absolute atomic E-state index is 0.0868. The van der Waals surface area contributed by atoms with E-state index in [0.717, 1.165) is 25.9 Å². The van der Waals surface area contributed by atoms with Gasteiger partial charge in [0.1, 0.15) is 0 Å². The molecule has 0 bridgehead atoms. The van der Waals surface area contributed by atoms with Crippen LogP contribution in [0.4, 0.5) is 0 Å². The van der Waals surface area contributed by atoms with Crippen molar-refractivity contribution < 1.29 is 4.79 Å². The Morgan fingerprint density at radius 1 is 1.17 bits per heavy atom. The van der Waals surface area contributed by atoms with E-state index in [-0.39, 0.29) is 5.78 Å². The van der Waals surface area contributed by atoms with Gasteiger partial charge in [-0.05, 0) is 43.7 Å². The zero-order valence-corrected chi connectivity index (χ0v) is 11.8. The van der Waals surface area contributed by atoms with Crippen LogP contribution in [0.5, 0.6) is 0 Å². The second kappa shape index (κ2) is 5.59. The van der Waals surface area contributed by atoms with E-state index in [9.17, 15) is 4.79 Å². The monoisotopic (exact) mass is 276 g/mol. The minimum atomic E-state index is 0.0868. The van der Waals surface area contributed by atoms with Gasteiger partial charge in [-0.25, -0.2) is 0 Å². The number of carbonyl (C=O) groups is 1. The molecule has 3 heteroatoms. The summed E-state index contributed by atoms with van der Waals surface area (Å²) in [6, 6.07) is 13.5. The molecule has 0 aliphatic rings. The SMILES string of the molecule is CC(=O)c1ccccc1Sc1ccc(Cl)c(C)c1. The van der Waals surface area contributed by atoms with E-state index in [0.29, 0.717) is 0 Å². The van der Waals surface area contributed by atoms with Crippen LogP contribution in [0.15, 0.2) is 52.3 Å². The van der Waals surface area contributed by atoms with Gasteiger partial charge < -0.3 is 0 Å². The number of hydrogen-bond acceptors (Lipinski definition) is 2. The maximum atomic E-state index is 11.5. The van der Waals surface area contributed by atoms with Crippen molar-refractivity contribution in [3.8, 4) is 0 Å². The Kier molecular flexibility index (Phi) is 4.10. The molecule has 2 aromatic rings. The quantitative estimate of drug-likeness (QED) is 0.734. The molecule has 92 valence electrons. The van der Waals surface area contributed by atoms with Gasteiger partial charge >= 0.3 is 0 Å². The lowest BCUT2D eigenvalue weighted by molar-refractivity contribution is 0.101. The van der Waals surface area contributed by atoms with Crippen molar-refractivity contribution in [1.82, 2.24) is 0 Å². The Hall–Kier alpha value is -1.25. The van der Waals surface area contributed by atoms with E-state index in [1.807, 2.05) is 49.4 Å². The molecule has 0 fully saturated rings. The van der Waals surface area contributed by atoms with Crippen LogP contribution >= 0.6 is 23.4 Å². The molecule has 0 aromatic heterocycles. The molecule has 1 nitrogen and oxygen atoms in total. The fraction of sp³-hybridized carbons (Fsp3) is 0.133. The van der Waals surface area contributed by atoms with Crippen LogP contribution in [0.1, 0.15) is 22.8 Å². The summed E-state index contributed by atoms with van der Waals surface area (Å²) in [5.74, 6) is 0.0868. The number of Topliss-reactive ketones (excluding diaryl/α,β-unsaturated/α-hetero) is 1. The first-order valence-corrected chi connectivity index (χ1v) is 6.81. The molecular weight excluding hydrogens is 264 g/mol. The number of carbonyl (C=O) groups excluding carboxylic acids is 1. The zero-order chi connectivity index (χ0) is 13.1. The first-order chi connectivity index (χ1) is 8.58. The molecule has 0 saturated heterocycles. The number of aryl methyl sites for hydroxylation is 1. The summed E-state index contributed by atoms with van der Waals surface area (Å²) < 4.78 is 0. The molecule has 0 radical (unpaired) electrons. The Morgan fingerprint density at radius 2 is 1.89 bits per heavy atom. The van der Waals surface area contributed by atoms with Gasteiger partial charge in [-0.3, -0.25) is 4.79 Å². The van der Waals surface area contributed by atoms with Crippen LogP contribution in [0.25, 0.3) is 0 Å². The van der Waals surface area contributed by atoms with Crippen molar-refractivity contribution in [2.24, 2.45) is 0 Å². The highest BCUT2D eigenvalue weighted by Crippen LogP contribution is 2.32. The lowest BCUT2D eigenvalue weighted by atomic mass is 10.1. The van der Waals surface area contributed by atoms with Crippen LogP contribution < -0.4 is 0 Å². The molecule has 0 unspecified atom stereocenters.